The molecule has 0 aliphatic rings. The van der Waals surface area contributed by atoms with Gasteiger partial charge in [-0.3, -0.25) is 4.79 Å². The molecule has 0 aromatic heterocycles. The van der Waals surface area contributed by atoms with Crippen molar-refractivity contribution in [1.29, 1.82) is 0 Å². The standard InChI is InChI=1S/C22H28F5NO4Si2/c1-30-14-10-12(8-9-13(14)31-33(2,3)4)15(32-34(5,6)7)11-28-22(29)16-17(23)19(25)21(27)20(26)18(16)24/h8-10,15H,11H2,1-7H3,(H,28,29). The van der Waals surface area contributed by atoms with Crippen LogP contribution in [0.25, 0.3) is 0 Å². The lowest BCUT2D eigenvalue weighted by molar-refractivity contribution is 0.0912. The van der Waals surface area contributed by atoms with Crippen LogP contribution in [0.15, 0.2) is 18.2 Å². The second-order valence-electron chi connectivity index (χ2n) is 9.50. The number of carbonyl (C=O) groups excluding carboxylic acids is 1. The minimum absolute atomic E-state index is 0.292. The number of methoxy groups -OCH3 is 1. The number of carbonyl (C=O) groups is 1. The Morgan fingerprint density at radius 1 is 0.853 bits per heavy atom. The van der Waals surface area contributed by atoms with Gasteiger partial charge in [0, 0.05) is 6.54 Å². The van der Waals surface area contributed by atoms with Gasteiger partial charge >= 0.3 is 0 Å². The summed E-state index contributed by atoms with van der Waals surface area (Å²) in [6.45, 7) is 11.4. The first-order chi connectivity index (χ1) is 15.6. The Kier molecular flexibility index (Phi) is 8.54. The van der Waals surface area contributed by atoms with Crippen LogP contribution in [-0.2, 0) is 4.43 Å². The maximum Gasteiger partial charge on any atom is 0.257 e. The predicted octanol–water partition coefficient (Wildman–Crippen LogP) is 5.93. The van der Waals surface area contributed by atoms with Crippen molar-refractivity contribution in [3.8, 4) is 11.5 Å². The van der Waals surface area contributed by atoms with Crippen LogP contribution >= 0.6 is 0 Å². The fourth-order valence-corrected chi connectivity index (χ4v) is 4.93. The van der Waals surface area contributed by atoms with E-state index in [1.807, 2.05) is 39.3 Å². The Morgan fingerprint density at radius 3 is 1.85 bits per heavy atom. The molecule has 1 N–H and O–H groups in total. The number of amides is 1. The molecule has 0 bridgehead atoms. The summed E-state index contributed by atoms with van der Waals surface area (Å²) in [6, 6.07) is 5.05. The summed E-state index contributed by atoms with van der Waals surface area (Å²) in [6.07, 6.45) is -0.785. The van der Waals surface area contributed by atoms with E-state index in [2.05, 4.69) is 5.32 Å². The topological polar surface area (TPSA) is 56.8 Å². The van der Waals surface area contributed by atoms with Gasteiger partial charge in [-0.05, 0) is 57.0 Å². The molecule has 2 aromatic carbocycles. The van der Waals surface area contributed by atoms with Gasteiger partial charge in [0.05, 0.1) is 13.2 Å². The lowest BCUT2D eigenvalue weighted by Gasteiger charge is -2.28. The van der Waals surface area contributed by atoms with Crippen LogP contribution < -0.4 is 14.5 Å². The van der Waals surface area contributed by atoms with E-state index >= 15 is 0 Å². The van der Waals surface area contributed by atoms with Crippen LogP contribution in [0.5, 0.6) is 11.5 Å². The van der Waals surface area contributed by atoms with Crippen molar-refractivity contribution >= 4 is 22.5 Å². The minimum atomic E-state index is -2.33. The van der Waals surface area contributed by atoms with E-state index in [-0.39, 0.29) is 6.54 Å². The number of benzene rings is 2. The van der Waals surface area contributed by atoms with Crippen molar-refractivity contribution in [1.82, 2.24) is 5.32 Å². The van der Waals surface area contributed by atoms with E-state index in [0.29, 0.717) is 17.1 Å². The smallest absolute Gasteiger partial charge is 0.257 e. The molecule has 0 heterocycles. The van der Waals surface area contributed by atoms with Gasteiger partial charge in [0.25, 0.3) is 5.91 Å². The highest BCUT2D eigenvalue weighted by molar-refractivity contribution is 6.70. The summed E-state index contributed by atoms with van der Waals surface area (Å²) in [5.74, 6) is -11.6. The van der Waals surface area contributed by atoms with Crippen molar-refractivity contribution in [3.63, 3.8) is 0 Å². The summed E-state index contributed by atoms with van der Waals surface area (Å²) in [7, 11) is -2.69. The molecule has 12 heteroatoms. The number of hydrogen-bond acceptors (Lipinski definition) is 4. The highest BCUT2D eigenvalue weighted by atomic mass is 28.4. The molecule has 0 saturated heterocycles. The Morgan fingerprint density at radius 2 is 1.38 bits per heavy atom. The molecule has 2 rings (SSSR count). The molecule has 5 nitrogen and oxygen atoms in total. The summed E-state index contributed by atoms with van der Waals surface area (Å²) in [5, 5.41) is 2.22. The molecule has 34 heavy (non-hydrogen) atoms. The molecular formula is C22H28F5NO4Si2. The molecule has 0 fully saturated rings. The molecule has 0 spiro atoms. The Hall–Kier alpha value is -2.45. The summed E-state index contributed by atoms with van der Waals surface area (Å²) < 4.78 is 85.9. The van der Waals surface area contributed by atoms with Crippen LogP contribution in [0.3, 0.4) is 0 Å². The Labute approximate surface area is 197 Å². The van der Waals surface area contributed by atoms with Gasteiger partial charge in [-0.25, -0.2) is 22.0 Å². The van der Waals surface area contributed by atoms with Crippen LogP contribution in [0.4, 0.5) is 22.0 Å². The zero-order chi connectivity index (χ0) is 26.0. The van der Waals surface area contributed by atoms with E-state index in [1.54, 1.807) is 18.2 Å². The highest BCUT2D eigenvalue weighted by Crippen LogP contribution is 2.34. The van der Waals surface area contributed by atoms with Crippen molar-refractivity contribution in [3.05, 3.63) is 58.4 Å². The first-order valence-electron chi connectivity index (χ1n) is 10.4. The number of rotatable bonds is 9. The zero-order valence-electron chi connectivity index (χ0n) is 20.0. The lowest BCUT2D eigenvalue weighted by Crippen LogP contribution is -2.36. The lowest BCUT2D eigenvalue weighted by atomic mass is 10.1. The summed E-state index contributed by atoms with van der Waals surface area (Å²) >= 11 is 0. The van der Waals surface area contributed by atoms with Crippen molar-refractivity contribution in [2.75, 3.05) is 13.7 Å². The van der Waals surface area contributed by atoms with Gasteiger partial charge < -0.3 is 18.9 Å². The molecule has 1 amide bonds. The van der Waals surface area contributed by atoms with Gasteiger partial charge in [0.15, 0.2) is 37.3 Å². The van der Waals surface area contributed by atoms with Crippen molar-refractivity contribution in [2.45, 2.75) is 45.4 Å². The SMILES string of the molecule is COc1cc(C(CNC(=O)c2c(F)c(F)c(F)c(F)c2F)O[Si](C)(C)C)ccc1O[Si](C)(C)C. The molecule has 0 radical (unpaired) electrons. The largest absolute Gasteiger partial charge is 0.542 e. The van der Waals surface area contributed by atoms with Gasteiger partial charge in [0.2, 0.25) is 14.1 Å². The summed E-state index contributed by atoms with van der Waals surface area (Å²) in [5.41, 5.74) is -0.987. The number of ether oxygens (including phenoxy) is 1. The first-order valence-corrected chi connectivity index (χ1v) is 17.2. The second-order valence-corrected chi connectivity index (χ2v) is 18.4. The average molecular weight is 522 g/mol. The van der Waals surface area contributed by atoms with Gasteiger partial charge in [-0.15, -0.1) is 0 Å². The van der Waals surface area contributed by atoms with E-state index in [4.69, 9.17) is 13.6 Å². The predicted molar refractivity (Wildman–Crippen MR) is 123 cm³/mol. The highest BCUT2D eigenvalue weighted by Gasteiger charge is 2.31. The molecule has 2 aromatic rings. The molecule has 188 valence electrons. The third-order valence-corrected chi connectivity index (χ3v) is 6.18. The van der Waals surface area contributed by atoms with Crippen molar-refractivity contribution in [2.24, 2.45) is 0 Å². The van der Waals surface area contributed by atoms with Gasteiger partial charge in [0.1, 0.15) is 11.3 Å². The Bertz CT molecular complexity index is 1040. The molecular weight excluding hydrogens is 493 g/mol. The number of nitrogens with one attached hydrogen (secondary N) is 1. The first kappa shape index (κ1) is 27.8. The fraction of sp³-hybridized carbons (Fsp3) is 0.409. The number of halogens is 5. The quantitative estimate of drug-likeness (QED) is 0.192. The fourth-order valence-electron chi connectivity index (χ4n) is 3.03. The molecule has 1 atom stereocenters. The zero-order valence-corrected chi connectivity index (χ0v) is 22.0. The maximum absolute atomic E-state index is 14.0. The maximum atomic E-state index is 14.0. The third kappa shape index (κ3) is 6.79. The van der Waals surface area contributed by atoms with Crippen LogP contribution in [0.2, 0.25) is 39.3 Å². The minimum Gasteiger partial charge on any atom is -0.542 e. The van der Waals surface area contributed by atoms with Gasteiger partial charge in [-0.2, -0.15) is 0 Å². The van der Waals surface area contributed by atoms with E-state index in [0.717, 1.165) is 0 Å². The van der Waals surface area contributed by atoms with E-state index < -0.39 is 63.3 Å². The van der Waals surface area contributed by atoms with E-state index in [1.165, 1.54) is 7.11 Å². The molecule has 0 aliphatic heterocycles. The third-order valence-electron chi connectivity index (χ3n) is 4.36. The molecule has 1 unspecified atom stereocenters. The average Bonchev–Trinajstić information content (AvgIpc) is 2.72. The Balaban J connectivity index is 2.37. The second kappa shape index (κ2) is 10.4. The molecule has 0 saturated carbocycles. The van der Waals surface area contributed by atoms with Crippen LogP contribution in [-0.4, -0.2) is 36.2 Å². The summed E-state index contributed by atoms with van der Waals surface area (Å²) in [4.78, 5) is 12.4. The van der Waals surface area contributed by atoms with E-state index in [9.17, 15) is 26.7 Å². The van der Waals surface area contributed by atoms with Gasteiger partial charge in [-0.1, -0.05) is 6.07 Å². The van der Waals surface area contributed by atoms with Crippen LogP contribution in [0.1, 0.15) is 22.0 Å². The number of hydrogen-bond donors (Lipinski definition) is 1. The van der Waals surface area contributed by atoms with Crippen molar-refractivity contribution < 1.29 is 40.3 Å². The normalized spacial score (nSPS) is 12.9. The van der Waals surface area contributed by atoms with Crippen LogP contribution in [0, 0.1) is 29.1 Å². The molecule has 0 aliphatic carbocycles. The monoisotopic (exact) mass is 521 g/mol.